The third kappa shape index (κ3) is 3.52. The summed E-state index contributed by atoms with van der Waals surface area (Å²) in [6.45, 7) is 11.5. The second-order valence-corrected chi connectivity index (χ2v) is 12.3. The molecule has 0 aromatic carbocycles. The summed E-state index contributed by atoms with van der Waals surface area (Å²) >= 11 is 0. The van der Waals surface area contributed by atoms with Crippen LogP contribution in [0.1, 0.15) is 92.4 Å². The van der Waals surface area contributed by atoms with E-state index < -0.39 is 12.2 Å². The molecule has 0 aliphatic heterocycles. The minimum absolute atomic E-state index is 0.126. The van der Waals surface area contributed by atoms with Crippen molar-refractivity contribution < 1.29 is 15.0 Å². The van der Waals surface area contributed by atoms with Crippen molar-refractivity contribution in [3.05, 3.63) is 11.6 Å². The highest BCUT2D eigenvalue weighted by molar-refractivity contribution is 5.78. The van der Waals surface area contributed by atoms with Crippen molar-refractivity contribution in [3.63, 3.8) is 0 Å². The molecular formula is C27H44O3. The molecule has 4 aliphatic rings. The Morgan fingerprint density at radius 3 is 2.37 bits per heavy atom. The minimum Gasteiger partial charge on any atom is -0.390 e. The lowest BCUT2D eigenvalue weighted by molar-refractivity contribution is -0.125. The van der Waals surface area contributed by atoms with Crippen LogP contribution in [-0.4, -0.2) is 28.2 Å². The molecule has 0 aromatic heterocycles. The van der Waals surface area contributed by atoms with E-state index in [2.05, 4.69) is 40.7 Å². The number of aliphatic hydroxyl groups is 2. The van der Waals surface area contributed by atoms with Crippen LogP contribution in [0.3, 0.4) is 0 Å². The third-order valence-corrected chi connectivity index (χ3v) is 10.1. The van der Waals surface area contributed by atoms with Gasteiger partial charge >= 0.3 is 0 Å². The molecule has 2 N–H and O–H groups in total. The summed E-state index contributed by atoms with van der Waals surface area (Å²) in [5.74, 6) is 3.42. The molecule has 0 radical (unpaired) electrons. The van der Waals surface area contributed by atoms with E-state index in [-0.39, 0.29) is 11.3 Å². The number of rotatable bonds is 5. The summed E-state index contributed by atoms with van der Waals surface area (Å²) in [6, 6.07) is 0. The van der Waals surface area contributed by atoms with Crippen molar-refractivity contribution in [1.29, 1.82) is 0 Å². The molecule has 0 amide bonds. The zero-order valence-corrected chi connectivity index (χ0v) is 19.9. The van der Waals surface area contributed by atoms with Crippen LogP contribution in [0, 0.1) is 46.3 Å². The van der Waals surface area contributed by atoms with Crippen LogP contribution in [-0.2, 0) is 4.79 Å². The van der Waals surface area contributed by atoms with Gasteiger partial charge in [-0.1, -0.05) is 46.3 Å². The molecular weight excluding hydrogens is 372 g/mol. The predicted octanol–water partition coefficient (Wildman–Crippen LogP) is 5.54. The Hall–Kier alpha value is -0.670. The summed E-state index contributed by atoms with van der Waals surface area (Å²) in [7, 11) is 0. The van der Waals surface area contributed by atoms with Crippen LogP contribution in [0.5, 0.6) is 0 Å². The molecule has 4 rings (SSSR count). The fraction of sp³-hybridized carbons (Fsp3) is 0.889. The number of Topliss-reactive ketones (excluding diaryl/α,β-unsaturated/α-hetero) is 1. The topological polar surface area (TPSA) is 57.5 Å². The standard InChI is InChI=1S/C27H44O3/c1-16(2)14-18(28)15-17(3)20-8-9-21-19-6-7-23-25(30)24(29)11-13-27(23,5)22(19)10-12-26(20,21)4/h6,16-17,20-25,29-30H,7-15H2,1-5H3/t17-,20-,21+,22+,23+,24+,25-,26-,27-/m1/s1. The van der Waals surface area contributed by atoms with Gasteiger partial charge in [0.2, 0.25) is 0 Å². The number of fused-ring (bicyclic) bond motifs is 5. The van der Waals surface area contributed by atoms with Gasteiger partial charge in [-0.3, -0.25) is 4.79 Å². The number of carbonyl (C=O) groups is 1. The molecule has 9 atom stereocenters. The van der Waals surface area contributed by atoms with E-state index in [9.17, 15) is 15.0 Å². The van der Waals surface area contributed by atoms with Crippen molar-refractivity contribution in [2.45, 2.75) is 105 Å². The number of aliphatic hydroxyl groups excluding tert-OH is 2. The maximum absolute atomic E-state index is 12.5. The Kier molecular flexibility index (Phi) is 6.03. The van der Waals surface area contributed by atoms with Gasteiger partial charge in [-0.25, -0.2) is 0 Å². The second kappa shape index (κ2) is 8.03. The van der Waals surface area contributed by atoms with Gasteiger partial charge in [-0.15, -0.1) is 0 Å². The Labute approximate surface area is 183 Å². The van der Waals surface area contributed by atoms with E-state index in [0.717, 1.165) is 32.1 Å². The van der Waals surface area contributed by atoms with Crippen LogP contribution < -0.4 is 0 Å². The van der Waals surface area contributed by atoms with Crippen molar-refractivity contribution in [3.8, 4) is 0 Å². The first kappa shape index (κ1) is 22.5. The van der Waals surface area contributed by atoms with Crippen LogP contribution in [0.4, 0.5) is 0 Å². The number of carbonyl (C=O) groups excluding carboxylic acids is 1. The maximum Gasteiger partial charge on any atom is 0.133 e. The molecule has 0 bridgehead atoms. The third-order valence-electron chi connectivity index (χ3n) is 10.1. The summed E-state index contributed by atoms with van der Waals surface area (Å²) in [5, 5.41) is 21.0. The molecule has 3 fully saturated rings. The molecule has 30 heavy (non-hydrogen) atoms. The summed E-state index contributed by atoms with van der Waals surface area (Å²) < 4.78 is 0. The molecule has 0 heterocycles. The van der Waals surface area contributed by atoms with E-state index in [1.54, 1.807) is 5.57 Å². The fourth-order valence-electron chi connectivity index (χ4n) is 8.58. The van der Waals surface area contributed by atoms with Gasteiger partial charge in [0.05, 0.1) is 12.2 Å². The van der Waals surface area contributed by atoms with Crippen molar-refractivity contribution in [2.24, 2.45) is 46.3 Å². The number of ketones is 1. The zero-order valence-electron chi connectivity index (χ0n) is 19.9. The van der Waals surface area contributed by atoms with Gasteiger partial charge in [-0.2, -0.15) is 0 Å². The first-order chi connectivity index (χ1) is 14.1. The van der Waals surface area contributed by atoms with Crippen LogP contribution >= 0.6 is 0 Å². The lowest BCUT2D eigenvalue weighted by atomic mass is 9.47. The van der Waals surface area contributed by atoms with Crippen LogP contribution in [0.15, 0.2) is 11.6 Å². The van der Waals surface area contributed by atoms with E-state index in [1.165, 1.54) is 25.7 Å². The molecule has 3 nitrogen and oxygen atoms in total. The monoisotopic (exact) mass is 416 g/mol. The SMILES string of the molecule is CC(C)CC(=O)C[C@@H](C)[C@H]1CC[C@H]2C3=CC[C@H]4[C@@H](O)[C@@H](O)CC[C@]4(C)[C@H]3CC[C@]12C. The fourth-order valence-corrected chi connectivity index (χ4v) is 8.58. The van der Waals surface area contributed by atoms with Crippen molar-refractivity contribution in [1.82, 2.24) is 0 Å². The van der Waals surface area contributed by atoms with E-state index in [1.807, 2.05) is 0 Å². The number of hydrogen-bond donors (Lipinski definition) is 2. The lowest BCUT2D eigenvalue weighted by Gasteiger charge is -2.58. The average Bonchev–Trinajstić information content (AvgIpc) is 3.01. The molecule has 3 saturated carbocycles. The molecule has 170 valence electrons. The summed E-state index contributed by atoms with van der Waals surface area (Å²) in [6.07, 6.45) is 10.5. The predicted molar refractivity (Wildman–Crippen MR) is 121 cm³/mol. The number of hydrogen-bond acceptors (Lipinski definition) is 3. The first-order valence-electron chi connectivity index (χ1n) is 12.7. The lowest BCUT2D eigenvalue weighted by Crippen LogP contribution is -2.55. The van der Waals surface area contributed by atoms with Gasteiger partial charge in [-0.05, 0) is 91.3 Å². The highest BCUT2D eigenvalue weighted by Crippen LogP contribution is 2.66. The molecule has 0 spiro atoms. The number of allylic oxidation sites excluding steroid dienone is 2. The average molecular weight is 417 g/mol. The highest BCUT2D eigenvalue weighted by atomic mass is 16.3. The maximum atomic E-state index is 12.5. The Bertz CT molecular complexity index is 696. The van der Waals surface area contributed by atoms with Gasteiger partial charge in [0.15, 0.2) is 0 Å². The molecule has 0 unspecified atom stereocenters. The summed E-state index contributed by atoms with van der Waals surface area (Å²) in [5.41, 5.74) is 2.12. The molecule has 0 saturated heterocycles. The summed E-state index contributed by atoms with van der Waals surface area (Å²) in [4.78, 5) is 12.5. The normalized spacial score (nSPS) is 46.6. The Morgan fingerprint density at radius 2 is 1.67 bits per heavy atom. The second-order valence-electron chi connectivity index (χ2n) is 12.3. The van der Waals surface area contributed by atoms with Crippen molar-refractivity contribution >= 4 is 5.78 Å². The van der Waals surface area contributed by atoms with Crippen LogP contribution in [0.2, 0.25) is 0 Å². The molecule has 3 heteroatoms. The van der Waals surface area contributed by atoms with Gasteiger partial charge < -0.3 is 10.2 Å². The molecule has 4 aliphatic carbocycles. The molecule has 0 aromatic rings. The largest absolute Gasteiger partial charge is 0.390 e. The first-order valence-corrected chi connectivity index (χ1v) is 12.7. The van der Waals surface area contributed by atoms with E-state index >= 15 is 0 Å². The Morgan fingerprint density at radius 1 is 1.00 bits per heavy atom. The smallest absolute Gasteiger partial charge is 0.133 e. The zero-order chi connectivity index (χ0) is 21.8. The van der Waals surface area contributed by atoms with E-state index in [4.69, 9.17) is 0 Å². The minimum atomic E-state index is -0.571. The highest BCUT2D eigenvalue weighted by Gasteiger charge is 2.59. The van der Waals surface area contributed by atoms with Gasteiger partial charge in [0.25, 0.3) is 0 Å². The van der Waals surface area contributed by atoms with E-state index in [0.29, 0.717) is 40.8 Å². The van der Waals surface area contributed by atoms with Crippen molar-refractivity contribution in [2.75, 3.05) is 0 Å². The quantitative estimate of drug-likeness (QED) is 0.579. The van der Waals surface area contributed by atoms with Gasteiger partial charge in [0.1, 0.15) is 5.78 Å². The van der Waals surface area contributed by atoms with Gasteiger partial charge in [0, 0.05) is 12.8 Å². The van der Waals surface area contributed by atoms with Crippen LogP contribution in [0.25, 0.3) is 0 Å². The Balaban J connectivity index is 1.53.